The number of Topliss-reactive ketones (excluding diaryl/α,β-unsaturated/α-hetero) is 1. The molecule has 1 aliphatic rings. The van der Waals surface area contributed by atoms with Crippen molar-refractivity contribution in [2.24, 2.45) is 0 Å². The first-order chi connectivity index (χ1) is 14.1. The molecule has 6 nitrogen and oxygen atoms in total. The van der Waals surface area contributed by atoms with Gasteiger partial charge in [-0.05, 0) is 36.2 Å². The lowest BCUT2D eigenvalue weighted by atomic mass is 9.95. The number of aliphatic hydroxyl groups is 1. The first kappa shape index (κ1) is 18.9. The monoisotopic (exact) mass is 390 g/mol. The number of pyridine rings is 1. The number of carbonyl (C=O) groups excluding carboxylic acids is 2. The summed E-state index contributed by atoms with van der Waals surface area (Å²) in [5.41, 5.74) is 1.37. The number of rotatable bonds is 7. The van der Waals surface area contributed by atoms with E-state index in [1.165, 1.54) is 0 Å². The molecule has 6 heteroatoms. The van der Waals surface area contributed by atoms with Gasteiger partial charge in [0.15, 0.2) is 11.5 Å². The number of ketones is 1. The third-order valence-electron chi connectivity index (χ3n) is 5.22. The molecule has 1 atom stereocenters. The molecule has 1 N–H and O–H groups in total. The molecule has 0 bridgehead atoms. The highest BCUT2D eigenvalue weighted by Crippen LogP contribution is 2.39. The number of furan rings is 1. The second-order valence-electron chi connectivity index (χ2n) is 7.13. The Morgan fingerprint density at radius 3 is 2.66 bits per heavy atom. The quantitative estimate of drug-likeness (QED) is 0.471. The van der Waals surface area contributed by atoms with Gasteiger partial charge in [-0.2, -0.15) is 0 Å². The Bertz CT molecular complexity index is 1050. The summed E-state index contributed by atoms with van der Waals surface area (Å²) in [6.45, 7) is 2.54. The number of unbranched alkanes of at least 4 members (excludes halogenated alkanes) is 2. The molecule has 0 spiro atoms. The Labute approximate surface area is 168 Å². The predicted molar refractivity (Wildman–Crippen MR) is 108 cm³/mol. The summed E-state index contributed by atoms with van der Waals surface area (Å²) in [4.78, 5) is 31.7. The molecule has 0 aliphatic carbocycles. The summed E-state index contributed by atoms with van der Waals surface area (Å²) in [5.74, 6) is -1.40. The Kier molecular flexibility index (Phi) is 5.16. The molecular formula is C23H22N2O4. The molecular weight excluding hydrogens is 368 g/mol. The zero-order valence-electron chi connectivity index (χ0n) is 16.2. The van der Waals surface area contributed by atoms with Gasteiger partial charge in [-0.25, -0.2) is 0 Å². The SMILES string of the molecule is CCCCCN1C(=O)C(O)=C(C(=O)c2cc3ccccc3o2)C1c1ccncc1. The van der Waals surface area contributed by atoms with E-state index in [0.717, 1.165) is 30.2 Å². The van der Waals surface area contributed by atoms with Crippen molar-refractivity contribution in [3.63, 3.8) is 0 Å². The number of fused-ring (bicyclic) bond motifs is 1. The largest absolute Gasteiger partial charge is 0.503 e. The van der Waals surface area contributed by atoms with Crippen LogP contribution in [0.15, 0.2) is 70.6 Å². The highest BCUT2D eigenvalue weighted by molar-refractivity contribution is 6.15. The van der Waals surface area contributed by atoms with Crippen LogP contribution in [-0.2, 0) is 4.79 Å². The Morgan fingerprint density at radius 2 is 1.93 bits per heavy atom. The molecule has 3 heterocycles. The molecule has 1 aromatic carbocycles. The number of aromatic nitrogens is 1. The van der Waals surface area contributed by atoms with Crippen molar-refractivity contribution in [1.82, 2.24) is 9.88 Å². The van der Waals surface area contributed by atoms with E-state index in [1.54, 1.807) is 41.6 Å². The van der Waals surface area contributed by atoms with E-state index in [1.807, 2.05) is 18.2 Å². The van der Waals surface area contributed by atoms with E-state index >= 15 is 0 Å². The second-order valence-corrected chi connectivity index (χ2v) is 7.13. The van der Waals surface area contributed by atoms with Crippen molar-refractivity contribution in [2.75, 3.05) is 6.54 Å². The zero-order valence-corrected chi connectivity index (χ0v) is 16.2. The average Bonchev–Trinajstić information content (AvgIpc) is 3.29. The highest BCUT2D eigenvalue weighted by Gasteiger charge is 2.44. The van der Waals surface area contributed by atoms with Crippen LogP contribution in [0.4, 0.5) is 0 Å². The predicted octanol–water partition coefficient (Wildman–Crippen LogP) is 4.60. The van der Waals surface area contributed by atoms with Gasteiger partial charge in [0, 0.05) is 24.3 Å². The van der Waals surface area contributed by atoms with Crippen LogP contribution in [0.2, 0.25) is 0 Å². The van der Waals surface area contributed by atoms with Crippen molar-refractivity contribution in [3.8, 4) is 0 Å². The van der Waals surface area contributed by atoms with Gasteiger partial charge in [-0.3, -0.25) is 14.6 Å². The topological polar surface area (TPSA) is 83.6 Å². The molecule has 1 amide bonds. The number of benzene rings is 1. The van der Waals surface area contributed by atoms with E-state index < -0.39 is 23.5 Å². The molecule has 1 aliphatic heterocycles. The van der Waals surface area contributed by atoms with Gasteiger partial charge < -0.3 is 14.4 Å². The first-order valence-electron chi connectivity index (χ1n) is 9.79. The normalized spacial score (nSPS) is 16.8. The molecule has 148 valence electrons. The van der Waals surface area contributed by atoms with Crippen molar-refractivity contribution in [3.05, 3.63) is 77.5 Å². The standard InChI is InChI=1S/C23H22N2O4/c1-2-3-6-13-25-20(15-9-11-24-12-10-15)19(22(27)23(25)28)21(26)18-14-16-7-4-5-8-17(16)29-18/h4-5,7-12,14,20,27H,2-3,6,13H2,1H3. The van der Waals surface area contributed by atoms with E-state index in [2.05, 4.69) is 11.9 Å². The second kappa shape index (κ2) is 7.91. The van der Waals surface area contributed by atoms with Crippen LogP contribution >= 0.6 is 0 Å². The number of nitrogens with zero attached hydrogens (tertiary/aromatic N) is 2. The number of carbonyl (C=O) groups is 2. The first-order valence-corrected chi connectivity index (χ1v) is 9.79. The number of hydrogen-bond acceptors (Lipinski definition) is 5. The Balaban J connectivity index is 1.75. The fraction of sp³-hybridized carbons (Fsp3) is 0.261. The Hall–Kier alpha value is -3.41. The van der Waals surface area contributed by atoms with Gasteiger partial charge in [0.05, 0.1) is 11.6 Å². The summed E-state index contributed by atoms with van der Waals surface area (Å²) in [6.07, 6.45) is 5.99. The maximum atomic E-state index is 13.3. The minimum Gasteiger partial charge on any atom is -0.503 e. The molecule has 4 rings (SSSR count). The van der Waals surface area contributed by atoms with E-state index in [-0.39, 0.29) is 11.3 Å². The molecule has 0 fully saturated rings. The summed E-state index contributed by atoms with van der Waals surface area (Å²) >= 11 is 0. The van der Waals surface area contributed by atoms with Crippen molar-refractivity contribution in [1.29, 1.82) is 0 Å². The van der Waals surface area contributed by atoms with Crippen LogP contribution in [-0.4, -0.2) is 33.2 Å². The van der Waals surface area contributed by atoms with Crippen LogP contribution < -0.4 is 0 Å². The van der Waals surface area contributed by atoms with Gasteiger partial charge >= 0.3 is 0 Å². The van der Waals surface area contributed by atoms with Gasteiger partial charge in [0.2, 0.25) is 5.78 Å². The van der Waals surface area contributed by atoms with E-state index in [0.29, 0.717) is 12.1 Å². The van der Waals surface area contributed by atoms with Gasteiger partial charge in [0.1, 0.15) is 5.58 Å². The smallest absolute Gasteiger partial charge is 0.290 e. The van der Waals surface area contributed by atoms with Crippen LogP contribution in [0.1, 0.15) is 48.3 Å². The highest BCUT2D eigenvalue weighted by atomic mass is 16.3. The lowest BCUT2D eigenvalue weighted by Gasteiger charge is -2.26. The fourth-order valence-corrected chi connectivity index (χ4v) is 3.77. The van der Waals surface area contributed by atoms with E-state index in [9.17, 15) is 14.7 Å². The number of amides is 1. The average molecular weight is 390 g/mol. The number of aliphatic hydroxyl groups excluding tert-OH is 1. The van der Waals surface area contributed by atoms with Crippen LogP contribution in [0.5, 0.6) is 0 Å². The fourth-order valence-electron chi connectivity index (χ4n) is 3.77. The molecule has 3 aromatic rings. The third-order valence-corrected chi connectivity index (χ3v) is 5.22. The van der Waals surface area contributed by atoms with Gasteiger partial charge in [0.25, 0.3) is 5.91 Å². The van der Waals surface area contributed by atoms with Crippen molar-refractivity contribution >= 4 is 22.7 Å². The maximum Gasteiger partial charge on any atom is 0.290 e. The van der Waals surface area contributed by atoms with Crippen LogP contribution in [0.3, 0.4) is 0 Å². The summed E-state index contributed by atoms with van der Waals surface area (Å²) < 4.78 is 5.71. The lowest BCUT2D eigenvalue weighted by molar-refractivity contribution is -0.129. The Morgan fingerprint density at radius 1 is 1.17 bits per heavy atom. The lowest BCUT2D eigenvalue weighted by Crippen LogP contribution is -2.32. The molecule has 29 heavy (non-hydrogen) atoms. The molecule has 0 saturated carbocycles. The minimum atomic E-state index is -0.664. The summed E-state index contributed by atoms with van der Waals surface area (Å²) in [6, 6.07) is 11.8. The number of hydrogen-bond donors (Lipinski definition) is 1. The number of para-hydroxylation sites is 1. The van der Waals surface area contributed by atoms with Gasteiger partial charge in [-0.15, -0.1) is 0 Å². The maximum absolute atomic E-state index is 13.3. The molecule has 1 unspecified atom stereocenters. The van der Waals surface area contributed by atoms with Crippen molar-refractivity contribution < 1.29 is 19.1 Å². The van der Waals surface area contributed by atoms with E-state index in [4.69, 9.17) is 4.42 Å². The van der Waals surface area contributed by atoms with Crippen LogP contribution in [0, 0.1) is 0 Å². The van der Waals surface area contributed by atoms with Gasteiger partial charge in [-0.1, -0.05) is 38.0 Å². The van der Waals surface area contributed by atoms with Crippen molar-refractivity contribution in [2.45, 2.75) is 32.2 Å². The molecule has 2 aromatic heterocycles. The molecule has 0 saturated heterocycles. The zero-order chi connectivity index (χ0) is 20.4. The van der Waals surface area contributed by atoms with Crippen LogP contribution in [0.25, 0.3) is 11.0 Å². The summed E-state index contributed by atoms with van der Waals surface area (Å²) in [7, 11) is 0. The third kappa shape index (κ3) is 3.42. The summed E-state index contributed by atoms with van der Waals surface area (Å²) in [5, 5.41) is 11.4. The minimum absolute atomic E-state index is 0.0526. The molecule has 0 radical (unpaired) electrons.